The summed E-state index contributed by atoms with van der Waals surface area (Å²) in [5.74, 6) is -3.96. The quantitative estimate of drug-likeness (QED) is 0.126. The topological polar surface area (TPSA) is 95.2 Å². The summed E-state index contributed by atoms with van der Waals surface area (Å²) in [5.41, 5.74) is 1.74. The molecule has 1 aliphatic heterocycles. The molecule has 11 heteroatoms. The highest BCUT2D eigenvalue weighted by atomic mass is 35.5. The smallest absolute Gasteiger partial charge is 0.309 e. The van der Waals surface area contributed by atoms with E-state index in [1.54, 1.807) is 18.2 Å². The molecule has 216 valence electrons. The van der Waals surface area contributed by atoms with E-state index in [9.17, 15) is 23.6 Å². The second kappa shape index (κ2) is 12.2. The van der Waals surface area contributed by atoms with Crippen molar-refractivity contribution in [2.75, 3.05) is 12.4 Å². The van der Waals surface area contributed by atoms with Crippen LogP contribution in [0.15, 0.2) is 60.9 Å². The molecule has 0 radical (unpaired) electrons. The largest absolute Gasteiger partial charge is 0.618 e. The van der Waals surface area contributed by atoms with Gasteiger partial charge in [0, 0.05) is 23.6 Å². The van der Waals surface area contributed by atoms with Crippen molar-refractivity contribution in [3.8, 4) is 22.4 Å². The van der Waals surface area contributed by atoms with Crippen LogP contribution in [0.4, 0.5) is 18.9 Å². The molecule has 3 heterocycles. The maximum atomic E-state index is 15.4. The summed E-state index contributed by atoms with van der Waals surface area (Å²) in [7, 11) is 1.28. The first-order valence-corrected chi connectivity index (χ1v) is 13.6. The molecule has 2 aromatic carbocycles. The van der Waals surface area contributed by atoms with E-state index in [0.29, 0.717) is 46.5 Å². The van der Waals surface area contributed by atoms with Crippen molar-refractivity contribution in [3.63, 3.8) is 0 Å². The number of halogens is 4. The molecule has 1 amide bonds. The number of carbonyl (C=O) groups is 2. The van der Waals surface area contributed by atoms with Gasteiger partial charge in [0.25, 0.3) is 0 Å². The van der Waals surface area contributed by atoms with Gasteiger partial charge in [-0.15, -0.1) is 0 Å². The van der Waals surface area contributed by atoms with Gasteiger partial charge in [-0.3, -0.25) is 14.6 Å². The van der Waals surface area contributed by atoms with Gasteiger partial charge in [-0.2, -0.15) is 4.73 Å². The lowest BCUT2D eigenvalue weighted by Gasteiger charge is -2.20. The van der Waals surface area contributed by atoms with Crippen molar-refractivity contribution in [2.45, 2.75) is 38.0 Å². The van der Waals surface area contributed by atoms with Crippen LogP contribution < -0.4 is 10.0 Å². The van der Waals surface area contributed by atoms with Gasteiger partial charge in [0.1, 0.15) is 11.6 Å². The normalized spacial score (nSPS) is 15.2. The molecule has 0 saturated heterocycles. The number of carbonyl (C=O) groups excluding carboxylic acids is 2. The summed E-state index contributed by atoms with van der Waals surface area (Å²) < 4.78 is 49.7. The van der Waals surface area contributed by atoms with E-state index in [1.165, 1.54) is 25.3 Å². The minimum atomic E-state index is -0.994. The summed E-state index contributed by atoms with van der Waals surface area (Å²) in [4.78, 5) is 28.8. The third kappa shape index (κ3) is 5.94. The molecule has 2 bridgehead atoms. The molecule has 1 aliphatic rings. The van der Waals surface area contributed by atoms with E-state index < -0.39 is 34.9 Å². The zero-order valence-electron chi connectivity index (χ0n) is 22.4. The maximum Gasteiger partial charge on any atom is 0.309 e. The highest BCUT2D eigenvalue weighted by molar-refractivity contribution is 6.31. The van der Waals surface area contributed by atoms with Crippen LogP contribution in [0.3, 0.4) is 0 Å². The number of nitrogens with zero attached hydrogens (tertiary/aromatic N) is 2. The Morgan fingerprint density at radius 1 is 1.12 bits per heavy atom. The lowest BCUT2D eigenvalue weighted by atomic mass is 9.88. The number of pyridine rings is 2. The summed E-state index contributed by atoms with van der Waals surface area (Å²) in [6.45, 7) is 0. The molecule has 0 unspecified atom stereocenters. The number of rotatable bonds is 4. The van der Waals surface area contributed by atoms with Crippen molar-refractivity contribution in [2.24, 2.45) is 0 Å². The number of benzene rings is 2. The fourth-order valence-electron chi connectivity index (χ4n) is 5.15. The second-order valence-electron chi connectivity index (χ2n) is 9.96. The molecule has 0 saturated carbocycles. The van der Waals surface area contributed by atoms with Crippen LogP contribution in [0.25, 0.3) is 22.4 Å². The Bertz CT molecular complexity index is 1700. The second-order valence-corrected chi connectivity index (χ2v) is 10.4. The van der Waals surface area contributed by atoms with Crippen LogP contribution in [0, 0.1) is 22.7 Å². The van der Waals surface area contributed by atoms with Gasteiger partial charge in [-0.25, -0.2) is 13.2 Å². The number of methoxy groups -OCH3 is 1. The van der Waals surface area contributed by atoms with Crippen LogP contribution in [0.1, 0.15) is 48.4 Å². The minimum Gasteiger partial charge on any atom is -0.618 e. The maximum absolute atomic E-state index is 15.4. The number of hydrogen-bond donors (Lipinski definition) is 1. The van der Waals surface area contributed by atoms with E-state index in [2.05, 4.69) is 10.3 Å². The number of anilines is 1. The van der Waals surface area contributed by atoms with Crippen molar-refractivity contribution >= 4 is 29.2 Å². The predicted octanol–water partition coefficient (Wildman–Crippen LogP) is 6.48. The van der Waals surface area contributed by atoms with E-state index in [4.69, 9.17) is 16.3 Å². The Balaban J connectivity index is 1.60. The molecule has 42 heavy (non-hydrogen) atoms. The van der Waals surface area contributed by atoms with Crippen molar-refractivity contribution < 1.29 is 32.2 Å². The van der Waals surface area contributed by atoms with Gasteiger partial charge in [0.2, 0.25) is 5.91 Å². The van der Waals surface area contributed by atoms with E-state index in [1.807, 2.05) is 0 Å². The molecule has 1 atom stereocenters. The molecule has 1 N–H and O–H groups in total. The van der Waals surface area contributed by atoms with Gasteiger partial charge in [0.15, 0.2) is 17.7 Å². The minimum absolute atomic E-state index is 0.00764. The average molecular weight is 596 g/mol. The van der Waals surface area contributed by atoms with E-state index >= 15 is 4.39 Å². The number of amides is 1. The molecular formula is C31H25ClF3N3O4. The number of aromatic nitrogens is 2. The fraction of sp³-hybridized carbons (Fsp3) is 0.226. The SMILES string of the molecule is COC(=O)Cc1ccc2c(c1)NC(=O)CCCC[C@H](c1ccc(-c3c(F)ccc(Cl)c3F)c[n+]1[O-])c1cc-2ncc1F. The Hall–Kier alpha value is -4.44. The van der Waals surface area contributed by atoms with Gasteiger partial charge in [-0.05, 0) is 48.7 Å². The predicted molar refractivity (Wildman–Crippen MR) is 150 cm³/mol. The monoisotopic (exact) mass is 595 g/mol. The molecule has 0 spiro atoms. The third-order valence-electron chi connectivity index (χ3n) is 7.25. The highest BCUT2D eigenvalue weighted by Gasteiger charge is 2.28. The number of nitrogens with one attached hydrogen (secondary N) is 1. The first-order chi connectivity index (χ1) is 20.2. The highest BCUT2D eigenvalue weighted by Crippen LogP contribution is 2.37. The average Bonchev–Trinajstić information content (AvgIpc) is 2.96. The Kier molecular flexibility index (Phi) is 8.44. The number of esters is 1. The zero-order chi connectivity index (χ0) is 30.0. The number of ether oxygens (including phenoxy) is 1. The Morgan fingerprint density at radius 2 is 1.93 bits per heavy atom. The third-order valence-corrected chi connectivity index (χ3v) is 7.54. The molecule has 2 aromatic heterocycles. The van der Waals surface area contributed by atoms with Crippen molar-refractivity contribution in [1.29, 1.82) is 0 Å². The van der Waals surface area contributed by atoms with Crippen LogP contribution >= 0.6 is 11.6 Å². The molecule has 0 aliphatic carbocycles. The lowest BCUT2D eigenvalue weighted by molar-refractivity contribution is -0.614. The Labute approximate surface area is 244 Å². The standard InChI is InChI=1S/C31H25ClF3N3O4/c1-42-29(40)13-17-6-8-20-25-14-21(24(34)15-36-25)19(4-2-3-5-28(39)37-26(20)12-17)27-11-7-18(16-38(27)41)30-23(33)10-9-22(32)31(30)35/h6-12,14-16,19H,2-5,13H2,1H3,(H,37,39)/t19-/m0/s1. The first-order valence-electron chi connectivity index (χ1n) is 13.2. The number of hydrogen-bond acceptors (Lipinski definition) is 5. The van der Waals surface area contributed by atoms with Gasteiger partial charge in [-0.1, -0.05) is 30.2 Å². The first kappa shape index (κ1) is 29.1. The molecule has 5 rings (SSSR count). The molecular weight excluding hydrogens is 571 g/mol. The number of fused-ring (bicyclic) bond motifs is 4. The zero-order valence-corrected chi connectivity index (χ0v) is 23.2. The summed E-state index contributed by atoms with van der Waals surface area (Å²) in [5, 5.41) is 15.9. The molecule has 0 fully saturated rings. The Morgan fingerprint density at radius 3 is 2.69 bits per heavy atom. The van der Waals surface area contributed by atoms with Crippen LogP contribution in [0.2, 0.25) is 5.02 Å². The van der Waals surface area contributed by atoms with Crippen molar-refractivity contribution in [3.05, 3.63) is 105 Å². The summed E-state index contributed by atoms with van der Waals surface area (Å²) in [6.07, 6.45) is 3.50. The van der Waals surface area contributed by atoms with Gasteiger partial charge in [0.05, 0.1) is 53.2 Å². The van der Waals surface area contributed by atoms with Crippen LogP contribution in [0.5, 0.6) is 0 Å². The molecule has 4 aromatic rings. The van der Waals surface area contributed by atoms with Gasteiger partial charge < -0.3 is 15.3 Å². The van der Waals surface area contributed by atoms with Crippen LogP contribution in [-0.2, 0) is 20.7 Å². The van der Waals surface area contributed by atoms with Crippen LogP contribution in [-0.4, -0.2) is 24.0 Å². The van der Waals surface area contributed by atoms with Gasteiger partial charge >= 0.3 is 5.97 Å². The van der Waals surface area contributed by atoms with E-state index in [-0.39, 0.29) is 40.6 Å². The lowest BCUT2D eigenvalue weighted by Crippen LogP contribution is -2.34. The molecule has 7 nitrogen and oxygen atoms in total. The van der Waals surface area contributed by atoms with Crippen molar-refractivity contribution in [1.82, 2.24) is 4.98 Å². The van der Waals surface area contributed by atoms with E-state index in [0.717, 1.165) is 24.5 Å². The summed E-state index contributed by atoms with van der Waals surface area (Å²) in [6, 6.07) is 11.4. The summed E-state index contributed by atoms with van der Waals surface area (Å²) >= 11 is 5.83. The fourth-order valence-corrected chi connectivity index (χ4v) is 5.30.